The molecule has 2 nitrogen and oxygen atoms in total. The van der Waals surface area contributed by atoms with E-state index in [0.717, 1.165) is 18.9 Å². The highest BCUT2D eigenvalue weighted by Gasteiger charge is 2.20. The standard InChI is InChI=1S/C12H20N2S/c1-3-9-4-5-10-11(8-9)15-12(14-10)6-7-13-2/h9,13H,3-8H2,1-2H3. The largest absolute Gasteiger partial charge is 0.319 e. The Morgan fingerprint density at radius 3 is 3.13 bits per heavy atom. The summed E-state index contributed by atoms with van der Waals surface area (Å²) in [6, 6.07) is 0. The second kappa shape index (κ2) is 5.08. The normalized spacial score (nSPS) is 20.3. The fourth-order valence-electron chi connectivity index (χ4n) is 2.18. The molecule has 0 radical (unpaired) electrons. The van der Waals surface area contributed by atoms with Crippen LogP contribution in [-0.4, -0.2) is 18.6 Å². The van der Waals surface area contributed by atoms with Crippen molar-refractivity contribution < 1.29 is 0 Å². The summed E-state index contributed by atoms with van der Waals surface area (Å²) in [5.74, 6) is 0.912. The molecule has 1 aromatic rings. The van der Waals surface area contributed by atoms with E-state index in [1.165, 1.54) is 36.4 Å². The minimum atomic E-state index is 0.912. The van der Waals surface area contributed by atoms with E-state index in [1.807, 2.05) is 18.4 Å². The topological polar surface area (TPSA) is 24.9 Å². The molecule has 0 spiro atoms. The summed E-state index contributed by atoms with van der Waals surface area (Å²) in [5.41, 5.74) is 1.40. The first-order valence-corrected chi connectivity index (χ1v) is 6.77. The molecule has 0 bridgehead atoms. The van der Waals surface area contributed by atoms with Gasteiger partial charge in [-0.1, -0.05) is 13.3 Å². The fraction of sp³-hybridized carbons (Fsp3) is 0.750. The Kier molecular flexibility index (Phi) is 3.76. The van der Waals surface area contributed by atoms with Gasteiger partial charge in [0.25, 0.3) is 0 Å². The lowest BCUT2D eigenvalue weighted by atomic mass is 9.89. The Hall–Kier alpha value is -0.410. The maximum atomic E-state index is 4.74. The quantitative estimate of drug-likeness (QED) is 0.849. The van der Waals surface area contributed by atoms with Crippen molar-refractivity contribution in [2.75, 3.05) is 13.6 Å². The average molecular weight is 224 g/mol. The molecule has 0 fully saturated rings. The van der Waals surface area contributed by atoms with E-state index in [2.05, 4.69) is 12.2 Å². The molecule has 1 atom stereocenters. The van der Waals surface area contributed by atoms with E-state index in [4.69, 9.17) is 4.98 Å². The van der Waals surface area contributed by atoms with Crippen LogP contribution in [0.25, 0.3) is 0 Å². The van der Waals surface area contributed by atoms with E-state index in [1.54, 1.807) is 4.88 Å². The molecule has 1 aliphatic rings. The number of aromatic nitrogens is 1. The summed E-state index contributed by atoms with van der Waals surface area (Å²) in [5, 5.41) is 4.51. The molecule has 0 saturated heterocycles. The van der Waals surface area contributed by atoms with Crippen LogP contribution in [-0.2, 0) is 19.3 Å². The highest BCUT2D eigenvalue weighted by molar-refractivity contribution is 7.11. The van der Waals surface area contributed by atoms with Gasteiger partial charge in [-0.05, 0) is 32.2 Å². The van der Waals surface area contributed by atoms with Crippen molar-refractivity contribution >= 4 is 11.3 Å². The number of aryl methyl sites for hydroxylation is 1. The van der Waals surface area contributed by atoms with Gasteiger partial charge in [0.2, 0.25) is 0 Å². The van der Waals surface area contributed by atoms with Gasteiger partial charge in [-0.3, -0.25) is 0 Å². The van der Waals surface area contributed by atoms with Crippen LogP contribution in [0.2, 0.25) is 0 Å². The van der Waals surface area contributed by atoms with Crippen molar-refractivity contribution in [1.29, 1.82) is 0 Å². The van der Waals surface area contributed by atoms with E-state index in [0.29, 0.717) is 0 Å². The van der Waals surface area contributed by atoms with Gasteiger partial charge in [-0.15, -0.1) is 11.3 Å². The van der Waals surface area contributed by atoms with Crippen molar-refractivity contribution in [2.24, 2.45) is 5.92 Å². The number of likely N-dealkylation sites (N-methyl/N-ethyl adjacent to an activating group) is 1. The number of fused-ring (bicyclic) bond motifs is 1. The van der Waals surface area contributed by atoms with E-state index < -0.39 is 0 Å². The second-order valence-corrected chi connectivity index (χ2v) is 5.52. The van der Waals surface area contributed by atoms with Gasteiger partial charge in [0.05, 0.1) is 10.7 Å². The molecule has 1 heterocycles. The maximum absolute atomic E-state index is 4.74. The molecular weight excluding hydrogens is 204 g/mol. The molecule has 0 aliphatic heterocycles. The average Bonchev–Trinajstić information content (AvgIpc) is 2.67. The van der Waals surface area contributed by atoms with Crippen LogP contribution in [0.3, 0.4) is 0 Å². The number of hydrogen-bond acceptors (Lipinski definition) is 3. The van der Waals surface area contributed by atoms with Crippen LogP contribution in [0.5, 0.6) is 0 Å². The van der Waals surface area contributed by atoms with E-state index >= 15 is 0 Å². The van der Waals surface area contributed by atoms with Crippen molar-refractivity contribution in [2.45, 2.75) is 39.0 Å². The second-order valence-electron chi connectivity index (χ2n) is 4.35. The van der Waals surface area contributed by atoms with Gasteiger partial charge in [0, 0.05) is 17.8 Å². The van der Waals surface area contributed by atoms with Gasteiger partial charge >= 0.3 is 0 Å². The molecule has 3 heteroatoms. The first-order valence-electron chi connectivity index (χ1n) is 5.95. The lowest BCUT2D eigenvalue weighted by Crippen LogP contribution is -2.12. The van der Waals surface area contributed by atoms with Gasteiger partial charge in [-0.25, -0.2) is 4.98 Å². The Morgan fingerprint density at radius 1 is 1.53 bits per heavy atom. The SMILES string of the molecule is CCC1CCc2nc(CCNC)sc2C1. The van der Waals surface area contributed by atoms with Crippen molar-refractivity contribution in [1.82, 2.24) is 10.3 Å². The molecule has 2 rings (SSSR count). The Morgan fingerprint density at radius 2 is 2.40 bits per heavy atom. The van der Waals surface area contributed by atoms with Gasteiger partial charge in [0.15, 0.2) is 0 Å². The van der Waals surface area contributed by atoms with Gasteiger partial charge in [-0.2, -0.15) is 0 Å². The summed E-state index contributed by atoms with van der Waals surface area (Å²) in [6.07, 6.45) is 6.25. The van der Waals surface area contributed by atoms with Gasteiger partial charge in [0.1, 0.15) is 0 Å². The zero-order valence-electron chi connectivity index (χ0n) is 9.68. The van der Waals surface area contributed by atoms with Crippen LogP contribution in [0.4, 0.5) is 0 Å². The number of nitrogens with zero attached hydrogens (tertiary/aromatic N) is 1. The molecular formula is C12H20N2S. The fourth-order valence-corrected chi connectivity index (χ4v) is 3.41. The summed E-state index contributed by atoms with van der Waals surface area (Å²) in [4.78, 5) is 6.30. The molecule has 84 valence electrons. The molecule has 1 N–H and O–H groups in total. The molecule has 0 saturated carbocycles. The highest BCUT2D eigenvalue weighted by atomic mass is 32.1. The number of nitrogens with one attached hydrogen (secondary N) is 1. The lowest BCUT2D eigenvalue weighted by Gasteiger charge is -2.18. The molecule has 0 amide bonds. The third-order valence-corrected chi connectivity index (χ3v) is 4.43. The maximum Gasteiger partial charge on any atom is 0.0943 e. The predicted molar refractivity (Wildman–Crippen MR) is 65.6 cm³/mol. The van der Waals surface area contributed by atoms with Crippen LogP contribution in [0, 0.1) is 5.92 Å². The summed E-state index contributed by atoms with van der Waals surface area (Å²) in [6.45, 7) is 3.35. The number of rotatable bonds is 4. The highest BCUT2D eigenvalue weighted by Crippen LogP contribution is 2.31. The monoisotopic (exact) mass is 224 g/mol. The number of hydrogen-bond donors (Lipinski definition) is 1. The third kappa shape index (κ3) is 2.58. The van der Waals surface area contributed by atoms with Crippen LogP contribution in [0.15, 0.2) is 0 Å². The smallest absolute Gasteiger partial charge is 0.0943 e. The minimum absolute atomic E-state index is 0.912. The molecule has 15 heavy (non-hydrogen) atoms. The summed E-state index contributed by atoms with van der Waals surface area (Å²) < 4.78 is 0. The molecule has 1 unspecified atom stereocenters. The van der Waals surface area contributed by atoms with Crippen LogP contribution >= 0.6 is 11.3 Å². The molecule has 1 aromatic heterocycles. The minimum Gasteiger partial charge on any atom is -0.319 e. The van der Waals surface area contributed by atoms with Crippen molar-refractivity contribution in [3.63, 3.8) is 0 Å². The Balaban J connectivity index is 2.04. The number of thiazole rings is 1. The summed E-state index contributed by atoms with van der Waals surface area (Å²) >= 11 is 1.94. The molecule has 1 aliphatic carbocycles. The molecule has 0 aromatic carbocycles. The van der Waals surface area contributed by atoms with Crippen LogP contribution in [0.1, 0.15) is 35.3 Å². The Labute approximate surface area is 96.1 Å². The first kappa shape index (κ1) is 11.1. The van der Waals surface area contributed by atoms with E-state index in [9.17, 15) is 0 Å². The van der Waals surface area contributed by atoms with Crippen molar-refractivity contribution in [3.8, 4) is 0 Å². The lowest BCUT2D eigenvalue weighted by molar-refractivity contribution is 0.445. The predicted octanol–water partition coefficient (Wildman–Crippen LogP) is 2.42. The zero-order chi connectivity index (χ0) is 10.7. The van der Waals surface area contributed by atoms with Crippen LogP contribution < -0.4 is 5.32 Å². The first-order chi connectivity index (χ1) is 7.33. The van der Waals surface area contributed by atoms with E-state index in [-0.39, 0.29) is 0 Å². The Bertz CT molecular complexity index is 319. The third-order valence-electron chi connectivity index (χ3n) is 3.25. The van der Waals surface area contributed by atoms with Crippen molar-refractivity contribution in [3.05, 3.63) is 15.6 Å². The summed E-state index contributed by atoms with van der Waals surface area (Å²) in [7, 11) is 2.00. The van der Waals surface area contributed by atoms with Gasteiger partial charge < -0.3 is 5.32 Å². The zero-order valence-corrected chi connectivity index (χ0v) is 10.5.